The van der Waals surface area contributed by atoms with Crippen LogP contribution in [0.25, 0.3) is 0 Å². The summed E-state index contributed by atoms with van der Waals surface area (Å²) in [5.74, 6) is 0. The monoisotopic (exact) mass is 209 g/mol. The van der Waals surface area contributed by atoms with Crippen molar-refractivity contribution < 1.29 is 4.84 Å². The fourth-order valence-corrected chi connectivity index (χ4v) is 1.69. The van der Waals surface area contributed by atoms with E-state index < -0.39 is 0 Å². The molecule has 1 unspecified atom stereocenters. The average molecular weight is 209 g/mol. The first-order valence-corrected chi connectivity index (χ1v) is 5.09. The summed E-state index contributed by atoms with van der Waals surface area (Å²) in [5.41, 5.74) is 4.56. The Labute approximate surface area is 87.5 Å². The highest BCUT2D eigenvalue weighted by atomic mass is 31.0. The molecule has 0 aromatic heterocycles. The van der Waals surface area contributed by atoms with Crippen molar-refractivity contribution in [1.29, 1.82) is 0 Å². The first kappa shape index (κ1) is 11.2. The highest BCUT2D eigenvalue weighted by Gasteiger charge is 2.04. The summed E-state index contributed by atoms with van der Waals surface area (Å²) in [4.78, 5) is 4.76. The summed E-state index contributed by atoms with van der Waals surface area (Å²) in [6.45, 7) is 6.13. The highest BCUT2D eigenvalue weighted by Crippen LogP contribution is 2.12. The van der Waals surface area contributed by atoms with E-state index in [-0.39, 0.29) is 0 Å². The predicted octanol–water partition coefficient (Wildman–Crippen LogP) is 2.17. The SMILES string of the molecule is CO/N=C(\C)c1cc(P)c(C)cc1C. The lowest BCUT2D eigenvalue weighted by molar-refractivity contribution is 0.213. The maximum atomic E-state index is 4.76. The molecule has 1 aromatic rings. The van der Waals surface area contributed by atoms with Gasteiger partial charge >= 0.3 is 0 Å². The van der Waals surface area contributed by atoms with Crippen LogP contribution in [0.15, 0.2) is 17.3 Å². The average Bonchev–Trinajstić information content (AvgIpc) is 2.11. The zero-order valence-electron chi connectivity index (χ0n) is 9.09. The van der Waals surface area contributed by atoms with Crippen LogP contribution < -0.4 is 5.30 Å². The molecule has 14 heavy (non-hydrogen) atoms. The van der Waals surface area contributed by atoms with Crippen LogP contribution in [0, 0.1) is 13.8 Å². The Balaban J connectivity index is 3.22. The molecule has 0 fully saturated rings. The van der Waals surface area contributed by atoms with Crippen LogP contribution in [0.1, 0.15) is 23.6 Å². The van der Waals surface area contributed by atoms with E-state index in [0.29, 0.717) is 0 Å². The summed E-state index contributed by atoms with van der Waals surface area (Å²) in [7, 11) is 4.29. The molecule has 0 spiro atoms. The van der Waals surface area contributed by atoms with Crippen LogP contribution in [0.2, 0.25) is 0 Å². The molecule has 0 aliphatic carbocycles. The Morgan fingerprint density at radius 1 is 1.29 bits per heavy atom. The molecule has 0 radical (unpaired) electrons. The lowest BCUT2D eigenvalue weighted by Gasteiger charge is -2.08. The number of nitrogens with zero attached hydrogens (tertiary/aromatic N) is 1. The van der Waals surface area contributed by atoms with Gasteiger partial charge in [-0.2, -0.15) is 0 Å². The Morgan fingerprint density at radius 2 is 1.93 bits per heavy atom. The van der Waals surface area contributed by atoms with E-state index >= 15 is 0 Å². The number of oxime groups is 1. The molecule has 0 saturated carbocycles. The van der Waals surface area contributed by atoms with Gasteiger partial charge in [-0.05, 0) is 43.3 Å². The largest absolute Gasteiger partial charge is 0.399 e. The van der Waals surface area contributed by atoms with E-state index in [0.717, 1.165) is 11.3 Å². The van der Waals surface area contributed by atoms with Crippen LogP contribution in [0.3, 0.4) is 0 Å². The summed E-state index contributed by atoms with van der Waals surface area (Å²) < 4.78 is 0. The lowest BCUT2D eigenvalue weighted by atomic mass is 10.0. The van der Waals surface area contributed by atoms with Crippen LogP contribution in [-0.2, 0) is 4.84 Å². The standard InChI is InChI=1S/C11H16NOP/c1-7-5-8(2)11(14)6-10(7)9(3)12-13-4/h5-6H,14H2,1-4H3/b12-9+. The van der Waals surface area contributed by atoms with Crippen molar-refractivity contribution >= 4 is 20.3 Å². The van der Waals surface area contributed by atoms with E-state index in [4.69, 9.17) is 4.84 Å². The fourth-order valence-electron chi connectivity index (χ4n) is 1.44. The minimum absolute atomic E-state index is 0.911. The molecule has 2 nitrogen and oxygen atoms in total. The van der Waals surface area contributed by atoms with Crippen molar-refractivity contribution in [3.05, 3.63) is 28.8 Å². The van der Waals surface area contributed by atoms with E-state index in [1.165, 1.54) is 16.4 Å². The minimum Gasteiger partial charge on any atom is -0.399 e. The highest BCUT2D eigenvalue weighted by molar-refractivity contribution is 7.27. The molecule has 0 aliphatic rings. The fraction of sp³-hybridized carbons (Fsp3) is 0.364. The van der Waals surface area contributed by atoms with Gasteiger partial charge in [0.15, 0.2) is 0 Å². The number of benzene rings is 1. The molecule has 0 aliphatic heterocycles. The minimum atomic E-state index is 0.911. The maximum Gasteiger partial charge on any atom is 0.106 e. The maximum absolute atomic E-state index is 4.76. The van der Waals surface area contributed by atoms with Gasteiger partial charge < -0.3 is 4.84 Å². The topological polar surface area (TPSA) is 21.6 Å². The molecule has 3 heteroatoms. The van der Waals surface area contributed by atoms with E-state index in [1.807, 2.05) is 6.92 Å². The quantitative estimate of drug-likeness (QED) is 0.415. The third kappa shape index (κ3) is 2.33. The molecular formula is C11H16NOP. The molecular weight excluding hydrogens is 193 g/mol. The Kier molecular flexibility index (Phi) is 3.65. The molecule has 1 aromatic carbocycles. The normalized spacial score (nSPS) is 11.6. The van der Waals surface area contributed by atoms with E-state index in [2.05, 4.69) is 40.4 Å². The number of aryl methyl sites for hydroxylation is 2. The van der Waals surface area contributed by atoms with Gasteiger partial charge in [0.2, 0.25) is 0 Å². The van der Waals surface area contributed by atoms with Crippen LogP contribution in [0.5, 0.6) is 0 Å². The van der Waals surface area contributed by atoms with Crippen molar-refractivity contribution in [2.24, 2.45) is 5.16 Å². The molecule has 76 valence electrons. The van der Waals surface area contributed by atoms with E-state index in [1.54, 1.807) is 7.11 Å². The van der Waals surface area contributed by atoms with Gasteiger partial charge in [-0.15, -0.1) is 9.24 Å². The predicted molar refractivity (Wildman–Crippen MR) is 64.5 cm³/mol. The first-order valence-electron chi connectivity index (χ1n) is 4.51. The zero-order valence-corrected chi connectivity index (χ0v) is 10.2. The second-order valence-corrected chi connectivity index (χ2v) is 4.00. The second-order valence-electron chi connectivity index (χ2n) is 3.38. The third-order valence-electron chi connectivity index (χ3n) is 2.23. The lowest BCUT2D eigenvalue weighted by Crippen LogP contribution is -2.06. The number of hydrogen-bond donors (Lipinski definition) is 0. The molecule has 0 heterocycles. The molecule has 0 amide bonds. The van der Waals surface area contributed by atoms with E-state index in [9.17, 15) is 0 Å². The first-order chi connectivity index (χ1) is 6.56. The van der Waals surface area contributed by atoms with Gasteiger partial charge in [0.25, 0.3) is 0 Å². The Morgan fingerprint density at radius 3 is 2.50 bits per heavy atom. The van der Waals surface area contributed by atoms with Crippen molar-refractivity contribution in [3.63, 3.8) is 0 Å². The summed E-state index contributed by atoms with van der Waals surface area (Å²) in [6, 6.07) is 4.28. The van der Waals surface area contributed by atoms with Gasteiger partial charge in [-0.3, -0.25) is 0 Å². The van der Waals surface area contributed by atoms with Gasteiger partial charge in [0.05, 0.1) is 5.71 Å². The molecule has 1 rings (SSSR count). The van der Waals surface area contributed by atoms with Crippen LogP contribution >= 0.6 is 9.24 Å². The van der Waals surface area contributed by atoms with Gasteiger partial charge in [-0.1, -0.05) is 11.2 Å². The zero-order chi connectivity index (χ0) is 10.7. The molecule has 1 atom stereocenters. The van der Waals surface area contributed by atoms with Crippen LogP contribution in [-0.4, -0.2) is 12.8 Å². The molecule has 0 bridgehead atoms. The van der Waals surface area contributed by atoms with Gasteiger partial charge in [0.1, 0.15) is 7.11 Å². The Bertz CT molecular complexity index is 372. The molecule has 0 N–H and O–H groups in total. The second kappa shape index (κ2) is 4.56. The Hall–Kier alpha value is -0.880. The summed E-state index contributed by atoms with van der Waals surface area (Å²) in [6.07, 6.45) is 0. The van der Waals surface area contributed by atoms with Crippen molar-refractivity contribution in [2.75, 3.05) is 7.11 Å². The van der Waals surface area contributed by atoms with Gasteiger partial charge in [-0.25, -0.2) is 0 Å². The van der Waals surface area contributed by atoms with Crippen molar-refractivity contribution in [2.45, 2.75) is 20.8 Å². The third-order valence-corrected chi connectivity index (χ3v) is 2.85. The molecule has 0 saturated heterocycles. The van der Waals surface area contributed by atoms with Crippen molar-refractivity contribution in [3.8, 4) is 0 Å². The van der Waals surface area contributed by atoms with Crippen LogP contribution in [0.4, 0.5) is 0 Å². The number of hydrogen-bond acceptors (Lipinski definition) is 2. The number of rotatable bonds is 2. The summed E-state index contributed by atoms with van der Waals surface area (Å²) in [5, 5.41) is 5.14. The summed E-state index contributed by atoms with van der Waals surface area (Å²) >= 11 is 0. The van der Waals surface area contributed by atoms with Gasteiger partial charge in [0, 0.05) is 5.56 Å². The smallest absolute Gasteiger partial charge is 0.106 e. The van der Waals surface area contributed by atoms with Crippen molar-refractivity contribution in [1.82, 2.24) is 0 Å².